The van der Waals surface area contributed by atoms with Gasteiger partial charge in [-0.25, -0.2) is 0 Å². The Morgan fingerprint density at radius 3 is 2.23 bits per heavy atom. The molecule has 3 rings (SSSR count). The van der Waals surface area contributed by atoms with E-state index in [0.29, 0.717) is 11.6 Å². The van der Waals surface area contributed by atoms with Crippen LogP contribution in [0.3, 0.4) is 0 Å². The first-order valence-electron chi connectivity index (χ1n) is 7.08. The van der Waals surface area contributed by atoms with Crippen LogP contribution in [0.4, 0.5) is 5.95 Å². The molecule has 0 saturated carbocycles. The number of rotatable bonds is 4. The molecule has 0 radical (unpaired) electrons. The maximum absolute atomic E-state index is 12.2. The van der Waals surface area contributed by atoms with Crippen LogP contribution in [0.25, 0.3) is 11.3 Å². The van der Waals surface area contributed by atoms with Gasteiger partial charge in [-0.05, 0) is 12.5 Å². The average molecular weight is 292 g/mol. The second-order valence-electron chi connectivity index (χ2n) is 4.99. The molecule has 0 spiro atoms. The summed E-state index contributed by atoms with van der Waals surface area (Å²) in [4.78, 5) is 14.9. The SMILES string of the molecule is CC(Nc1nnc(-c2ccccc2)c(=O)[nH]1)c1ccccc1. The van der Waals surface area contributed by atoms with Gasteiger partial charge in [0.15, 0.2) is 5.69 Å². The molecule has 1 heterocycles. The molecule has 0 saturated heterocycles. The number of nitrogens with one attached hydrogen (secondary N) is 2. The zero-order chi connectivity index (χ0) is 15.4. The predicted octanol–water partition coefficient (Wildman–Crippen LogP) is 3.01. The molecule has 5 nitrogen and oxygen atoms in total. The summed E-state index contributed by atoms with van der Waals surface area (Å²) in [6.45, 7) is 2.00. The Labute approximate surface area is 128 Å². The van der Waals surface area contributed by atoms with Crippen LogP contribution in [0.1, 0.15) is 18.5 Å². The molecule has 0 fully saturated rings. The largest absolute Gasteiger partial charge is 0.348 e. The van der Waals surface area contributed by atoms with Crippen molar-refractivity contribution < 1.29 is 0 Å². The van der Waals surface area contributed by atoms with Gasteiger partial charge in [0.1, 0.15) is 0 Å². The summed E-state index contributed by atoms with van der Waals surface area (Å²) in [5.74, 6) is 0.362. The van der Waals surface area contributed by atoms with E-state index >= 15 is 0 Å². The van der Waals surface area contributed by atoms with Crippen molar-refractivity contribution >= 4 is 5.95 Å². The fraction of sp³-hybridized carbons (Fsp3) is 0.118. The third-order valence-corrected chi connectivity index (χ3v) is 3.40. The summed E-state index contributed by atoms with van der Waals surface area (Å²) < 4.78 is 0. The van der Waals surface area contributed by atoms with Crippen LogP contribution >= 0.6 is 0 Å². The van der Waals surface area contributed by atoms with Crippen molar-refractivity contribution in [2.75, 3.05) is 5.32 Å². The van der Waals surface area contributed by atoms with Gasteiger partial charge in [-0.3, -0.25) is 9.78 Å². The first-order valence-corrected chi connectivity index (χ1v) is 7.08. The number of hydrogen-bond acceptors (Lipinski definition) is 4. The van der Waals surface area contributed by atoms with E-state index in [0.717, 1.165) is 11.1 Å². The lowest BCUT2D eigenvalue weighted by atomic mass is 10.1. The molecule has 0 aliphatic heterocycles. The normalized spacial score (nSPS) is 11.9. The minimum Gasteiger partial charge on any atom is -0.348 e. The lowest BCUT2D eigenvalue weighted by Crippen LogP contribution is -2.18. The number of aromatic nitrogens is 3. The van der Waals surface area contributed by atoms with Crippen LogP contribution in [0.5, 0.6) is 0 Å². The molecule has 1 atom stereocenters. The van der Waals surface area contributed by atoms with Crippen LogP contribution < -0.4 is 10.9 Å². The Morgan fingerprint density at radius 1 is 0.955 bits per heavy atom. The number of nitrogens with zero attached hydrogens (tertiary/aromatic N) is 2. The molecule has 3 aromatic rings. The summed E-state index contributed by atoms with van der Waals surface area (Å²) in [6, 6.07) is 19.2. The summed E-state index contributed by atoms with van der Waals surface area (Å²) >= 11 is 0. The van der Waals surface area contributed by atoms with Crippen molar-refractivity contribution in [2.24, 2.45) is 0 Å². The molecule has 2 aromatic carbocycles. The maximum atomic E-state index is 12.2. The fourth-order valence-corrected chi connectivity index (χ4v) is 2.22. The zero-order valence-electron chi connectivity index (χ0n) is 12.2. The second-order valence-corrected chi connectivity index (χ2v) is 4.99. The van der Waals surface area contributed by atoms with E-state index in [1.165, 1.54) is 0 Å². The van der Waals surface area contributed by atoms with Gasteiger partial charge in [-0.15, -0.1) is 10.2 Å². The molecule has 110 valence electrons. The first kappa shape index (κ1) is 14.0. The van der Waals surface area contributed by atoms with Gasteiger partial charge in [0.2, 0.25) is 5.95 Å². The van der Waals surface area contributed by atoms with E-state index in [1.54, 1.807) is 0 Å². The monoisotopic (exact) mass is 292 g/mol. The maximum Gasteiger partial charge on any atom is 0.279 e. The lowest BCUT2D eigenvalue weighted by molar-refractivity contribution is 0.835. The van der Waals surface area contributed by atoms with Crippen molar-refractivity contribution in [1.82, 2.24) is 15.2 Å². The molecule has 1 unspecified atom stereocenters. The molecule has 2 N–H and O–H groups in total. The molecule has 0 aliphatic rings. The molecule has 22 heavy (non-hydrogen) atoms. The van der Waals surface area contributed by atoms with Crippen molar-refractivity contribution in [3.63, 3.8) is 0 Å². The zero-order valence-corrected chi connectivity index (χ0v) is 12.2. The Balaban J connectivity index is 1.82. The highest BCUT2D eigenvalue weighted by Gasteiger charge is 2.09. The minimum atomic E-state index is -0.260. The van der Waals surface area contributed by atoms with Gasteiger partial charge in [-0.1, -0.05) is 60.7 Å². The number of hydrogen-bond donors (Lipinski definition) is 2. The van der Waals surface area contributed by atoms with Crippen LogP contribution in [-0.2, 0) is 0 Å². The highest BCUT2D eigenvalue weighted by atomic mass is 16.1. The van der Waals surface area contributed by atoms with Crippen LogP contribution in [0.15, 0.2) is 65.5 Å². The third-order valence-electron chi connectivity index (χ3n) is 3.40. The van der Waals surface area contributed by atoms with Gasteiger partial charge in [0.25, 0.3) is 5.56 Å². The van der Waals surface area contributed by atoms with E-state index in [2.05, 4.69) is 20.5 Å². The van der Waals surface area contributed by atoms with Gasteiger partial charge in [0, 0.05) is 5.56 Å². The fourth-order valence-electron chi connectivity index (χ4n) is 2.22. The first-order chi connectivity index (χ1) is 10.7. The van der Waals surface area contributed by atoms with Gasteiger partial charge >= 0.3 is 0 Å². The van der Waals surface area contributed by atoms with Crippen molar-refractivity contribution in [2.45, 2.75) is 13.0 Å². The van der Waals surface area contributed by atoms with Crippen LogP contribution in [-0.4, -0.2) is 15.2 Å². The summed E-state index contributed by atoms with van der Waals surface area (Å²) in [7, 11) is 0. The van der Waals surface area contributed by atoms with E-state index in [9.17, 15) is 4.79 Å². The van der Waals surface area contributed by atoms with Crippen molar-refractivity contribution in [3.05, 3.63) is 76.6 Å². The van der Waals surface area contributed by atoms with E-state index in [4.69, 9.17) is 0 Å². The van der Waals surface area contributed by atoms with Crippen molar-refractivity contribution in [3.8, 4) is 11.3 Å². The molecule has 0 aliphatic carbocycles. The summed E-state index contributed by atoms with van der Waals surface area (Å²) in [5, 5.41) is 11.3. The Bertz CT molecular complexity index is 800. The molecular weight excluding hydrogens is 276 g/mol. The highest BCUT2D eigenvalue weighted by molar-refractivity contribution is 5.57. The van der Waals surface area contributed by atoms with E-state index < -0.39 is 0 Å². The Kier molecular flexibility index (Phi) is 3.96. The summed E-state index contributed by atoms with van der Waals surface area (Å²) in [5.41, 5.74) is 1.92. The average Bonchev–Trinajstić information content (AvgIpc) is 2.56. The smallest absolute Gasteiger partial charge is 0.279 e. The van der Waals surface area contributed by atoms with E-state index in [1.807, 2.05) is 67.6 Å². The minimum absolute atomic E-state index is 0.0220. The van der Waals surface area contributed by atoms with Crippen LogP contribution in [0, 0.1) is 0 Å². The van der Waals surface area contributed by atoms with Crippen molar-refractivity contribution in [1.29, 1.82) is 0 Å². The highest BCUT2D eigenvalue weighted by Crippen LogP contribution is 2.16. The molecule has 5 heteroatoms. The van der Waals surface area contributed by atoms with Gasteiger partial charge in [-0.2, -0.15) is 0 Å². The molecule has 0 amide bonds. The van der Waals surface area contributed by atoms with Crippen LogP contribution in [0.2, 0.25) is 0 Å². The third kappa shape index (κ3) is 3.03. The topological polar surface area (TPSA) is 70.7 Å². The lowest BCUT2D eigenvalue weighted by Gasteiger charge is -2.14. The molecule has 0 bridgehead atoms. The number of aromatic amines is 1. The predicted molar refractivity (Wildman–Crippen MR) is 86.6 cm³/mol. The Hall–Kier alpha value is -2.95. The standard InChI is InChI=1S/C17H16N4O/c1-12(13-8-4-2-5-9-13)18-17-19-16(22)15(20-21-17)14-10-6-3-7-11-14/h2-12H,1H3,(H2,18,19,21,22). The molecule has 1 aromatic heterocycles. The number of anilines is 1. The number of benzene rings is 2. The van der Waals surface area contributed by atoms with Gasteiger partial charge < -0.3 is 5.32 Å². The van der Waals surface area contributed by atoms with Gasteiger partial charge in [0.05, 0.1) is 6.04 Å². The Morgan fingerprint density at radius 2 is 1.59 bits per heavy atom. The van der Waals surface area contributed by atoms with E-state index in [-0.39, 0.29) is 11.6 Å². The molecular formula is C17H16N4O. The quantitative estimate of drug-likeness (QED) is 0.775. The summed E-state index contributed by atoms with van der Waals surface area (Å²) in [6.07, 6.45) is 0. The number of H-pyrrole nitrogens is 1. The second kappa shape index (κ2) is 6.22.